The van der Waals surface area contributed by atoms with Crippen molar-refractivity contribution in [1.29, 1.82) is 5.26 Å². The van der Waals surface area contributed by atoms with Gasteiger partial charge in [-0.1, -0.05) is 27.7 Å². The third-order valence-electron chi connectivity index (χ3n) is 1.67. The molecule has 0 amide bonds. The van der Waals surface area contributed by atoms with Gasteiger partial charge in [0, 0.05) is 20.9 Å². The van der Waals surface area contributed by atoms with E-state index in [4.69, 9.17) is 5.26 Å². The fraction of sp³-hybridized carbons (Fsp3) is 0. The van der Waals surface area contributed by atoms with Gasteiger partial charge < -0.3 is 0 Å². The lowest BCUT2D eigenvalue weighted by Crippen LogP contribution is -1.80. The van der Waals surface area contributed by atoms with Crippen LogP contribution in [0.2, 0.25) is 0 Å². The smallest absolute Gasteiger partial charge is 0.154 e. The van der Waals surface area contributed by atoms with Crippen molar-refractivity contribution in [2.75, 3.05) is 0 Å². The fourth-order valence-electron chi connectivity index (χ4n) is 1.03. The summed E-state index contributed by atoms with van der Waals surface area (Å²) in [7, 11) is 0. The molecule has 0 saturated carbocycles. The zero-order chi connectivity index (χ0) is 10.7. The second-order valence-corrected chi connectivity index (χ2v) is 5.75. The number of nitriles is 1. The van der Waals surface area contributed by atoms with Crippen LogP contribution < -0.4 is 0 Å². The van der Waals surface area contributed by atoms with Gasteiger partial charge in [-0.3, -0.25) is 0 Å². The van der Waals surface area contributed by atoms with Crippen LogP contribution in [0.3, 0.4) is 0 Å². The zero-order valence-electron chi connectivity index (χ0n) is 7.48. The predicted molar refractivity (Wildman–Crippen MR) is 65.1 cm³/mol. The van der Waals surface area contributed by atoms with Gasteiger partial charge in [-0.05, 0) is 18.2 Å². The van der Waals surface area contributed by atoms with Crippen molar-refractivity contribution >= 4 is 39.0 Å². The van der Waals surface area contributed by atoms with Crippen LogP contribution in [0.25, 0.3) is 0 Å². The second kappa shape index (κ2) is 4.79. The zero-order valence-corrected chi connectivity index (χ0v) is 10.7. The number of aromatic nitrogens is 1. The molecular formula is C10H5BrN2S2. The molecule has 0 unspecified atom stereocenters. The number of thiazole rings is 1. The predicted octanol–water partition coefficient (Wildman–Crippen LogP) is 3.93. The first-order chi connectivity index (χ1) is 7.29. The Morgan fingerprint density at radius 1 is 1.47 bits per heavy atom. The lowest BCUT2D eigenvalue weighted by Gasteiger charge is -2.00. The molecule has 2 nitrogen and oxygen atoms in total. The quantitative estimate of drug-likeness (QED) is 0.842. The molecule has 1 aromatic heterocycles. The van der Waals surface area contributed by atoms with Crippen molar-refractivity contribution in [2.45, 2.75) is 9.24 Å². The second-order valence-electron chi connectivity index (χ2n) is 2.65. The molecule has 0 aliphatic rings. The van der Waals surface area contributed by atoms with E-state index in [1.165, 1.54) is 11.8 Å². The summed E-state index contributed by atoms with van der Waals surface area (Å²) in [6.07, 6.45) is 1.76. The van der Waals surface area contributed by atoms with Crippen molar-refractivity contribution in [1.82, 2.24) is 4.98 Å². The van der Waals surface area contributed by atoms with Gasteiger partial charge in [-0.25, -0.2) is 4.98 Å². The minimum atomic E-state index is 0.671. The molecule has 0 bridgehead atoms. The van der Waals surface area contributed by atoms with Gasteiger partial charge in [0.2, 0.25) is 0 Å². The Hall–Kier alpha value is -0.830. The molecule has 0 saturated heterocycles. The first-order valence-electron chi connectivity index (χ1n) is 4.06. The highest BCUT2D eigenvalue weighted by Crippen LogP contribution is 2.32. The van der Waals surface area contributed by atoms with E-state index in [1.54, 1.807) is 17.5 Å². The first kappa shape index (κ1) is 10.7. The van der Waals surface area contributed by atoms with E-state index >= 15 is 0 Å². The average molecular weight is 297 g/mol. The molecule has 1 aromatic carbocycles. The maximum absolute atomic E-state index is 8.97. The Labute approximate surface area is 104 Å². The van der Waals surface area contributed by atoms with Crippen LogP contribution in [-0.4, -0.2) is 4.98 Å². The van der Waals surface area contributed by atoms with E-state index < -0.39 is 0 Å². The van der Waals surface area contributed by atoms with Crippen LogP contribution in [0.5, 0.6) is 0 Å². The minimum absolute atomic E-state index is 0.671. The standard InChI is InChI=1S/C10H5BrN2S2/c11-8-1-2-9(7(5-8)6-12)15-10-13-3-4-14-10/h1-5H. The molecule has 0 radical (unpaired) electrons. The fourth-order valence-corrected chi connectivity index (χ4v) is 3.04. The summed E-state index contributed by atoms with van der Waals surface area (Å²) in [4.78, 5) is 5.11. The molecule has 0 aliphatic carbocycles. The Balaban J connectivity index is 2.33. The van der Waals surface area contributed by atoms with E-state index in [2.05, 4.69) is 27.0 Å². The van der Waals surface area contributed by atoms with Gasteiger partial charge in [-0.2, -0.15) is 5.26 Å². The number of halogens is 1. The maximum atomic E-state index is 8.97. The van der Waals surface area contributed by atoms with E-state index in [9.17, 15) is 0 Å². The monoisotopic (exact) mass is 296 g/mol. The molecule has 0 fully saturated rings. The van der Waals surface area contributed by atoms with Crippen LogP contribution >= 0.6 is 39.0 Å². The highest BCUT2D eigenvalue weighted by molar-refractivity contribution is 9.10. The van der Waals surface area contributed by atoms with Gasteiger partial charge in [-0.15, -0.1) is 11.3 Å². The molecular weight excluding hydrogens is 292 g/mol. The van der Waals surface area contributed by atoms with E-state index in [-0.39, 0.29) is 0 Å². The van der Waals surface area contributed by atoms with Crippen LogP contribution in [0, 0.1) is 11.3 Å². The highest BCUT2D eigenvalue weighted by atomic mass is 79.9. The van der Waals surface area contributed by atoms with E-state index in [0.29, 0.717) is 5.56 Å². The third kappa shape index (κ3) is 2.59. The molecule has 5 heteroatoms. The summed E-state index contributed by atoms with van der Waals surface area (Å²) in [6, 6.07) is 7.84. The van der Waals surface area contributed by atoms with Gasteiger partial charge in [0.1, 0.15) is 6.07 Å². The maximum Gasteiger partial charge on any atom is 0.154 e. The van der Waals surface area contributed by atoms with E-state index in [1.807, 2.05) is 23.6 Å². The first-order valence-corrected chi connectivity index (χ1v) is 6.55. The summed E-state index contributed by atoms with van der Waals surface area (Å²) < 4.78 is 1.87. The van der Waals surface area contributed by atoms with Crippen molar-refractivity contribution in [3.05, 3.63) is 39.8 Å². The van der Waals surface area contributed by atoms with Gasteiger partial charge in [0.05, 0.1) is 5.56 Å². The SMILES string of the molecule is N#Cc1cc(Br)ccc1Sc1nccs1. The summed E-state index contributed by atoms with van der Waals surface area (Å²) in [6.45, 7) is 0. The summed E-state index contributed by atoms with van der Waals surface area (Å²) in [5.41, 5.74) is 0.671. The normalized spacial score (nSPS) is 9.87. The Morgan fingerprint density at radius 3 is 3.00 bits per heavy atom. The minimum Gasteiger partial charge on any atom is -0.238 e. The van der Waals surface area contributed by atoms with E-state index in [0.717, 1.165) is 13.7 Å². The molecule has 0 N–H and O–H groups in total. The Kier molecular flexibility index (Phi) is 3.41. The molecule has 2 aromatic rings. The number of hydrogen-bond acceptors (Lipinski definition) is 4. The number of rotatable bonds is 2. The molecule has 0 spiro atoms. The van der Waals surface area contributed by atoms with Crippen molar-refractivity contribution < 1.29 is 0 Å². The molecule has 0 aliphatic heterocycles. The van der Waals surface area contributed by atoms with Crippen molar-refractivity contribution in [2.24, 2.45) is 0 Å². The number of hydrogen-bond donors (Lipinski definition) is 0. The van der Waals surface area contributed by atoms with Gasteiger partial charge >= 0.3 is 0 Å². The van der Waals surface area contributed by atoms with Crippen molar-refractivity contribution in [3.8, 4) is 6.07 Å². The molecule has 1 heterocycles. The van der Waals surface area contributed by atoms with Gasteiger partial charge in [0.15, 0.2) is 4.34 Å². The number of benzene rings is 1. The number of nitrogens with zero attached hydrogens (tertiary/aromatic N) is 2. The lowest BCUT2D eigenvalue weighted by atomic mass is 10.2. The molecule has 2 rings (SSSR count). The molecule has 0 atom stereocenters. The largest absolute Gasteiger partial charge is 0.238 e. The van der Waals surface area contributed by atoms with Crippen LogP contribution in [0.15, 0.2) is 43.5 Å². The van der Waals surface area contributed by atoms with Gasteiger partial charge in [0.25, 0.3) is 0 Å². The van der Waals surface area contributed by atoms with Crippen LogP contribution in [-0.2, 0) is 0 Å². The van der Waals surface area contributed by atoms with Crippen LogP contribution in [0.4, 0.5) is 0 Å². The highest BCUT2D eigenvalue weighted by Gasteiger charge is 2.06. The molecule has 74 valence electrons. The lowest BCUT2D eigenvalue weighted by molar-refractivity contribution is 1.24. The average Bonchev–Trinajstić information content (AvgIpc) is 2.73. The van der Waals surface area contributed by atoms with Crippen molar-refractivity contribution in [3.63, 3.8) is 0 Å². The molecule has 15 heavy (non-hydrogen) atoms. The Bertz CT molecular complexity index is 503. The topological polar surface area (TPSA) is 36.7 Å². The van der Waals surface area contributed by atoms with Crippen LogP contribution in [0.1, 0.15) is 5.56 Å². The summed E-state index contributed by atoms with van der Waals surface area (Å²) in [5, 5.41) is 10.9. The summed E-state index contributed by atoms with van der Waals surface area (Å²) in [5.74, 6) is 0. The third-order valence-corrected chi connectivity index (χ3v) is 4.12. The summed E-state index contributed by atoms with van der Waals surface area (Å²) >= 11 is 6.43. The Morgan fingerprint density at radius 2 is 2.33 bits per heavy atom.